The van der Waals surface area contributed by atoms with Crippen LogP contribution in [0.25, 0.3) is 0 Å². The van der Waals surface area contributed by atoms with Crippen LogP contribution in [0.3, 0.4) is 0 Å². The number of carbonyl (C=O) groups is 1. The highest BCUT2D eigenvalue weighted by atomic mass is 35.5. The van der Waals surface area contributed by atoms with Crippen molar-refractivity contribution in [2.24, 2.45) is 0 Å². The quantitative estimate of drug-likeness (QED) is 0.593. The monoisotopic (exact) mass is 411 g/mol. The highest BCUT2D eigenvalue weighted by Crippen LogP contribution is 2.24. The van der Waals surface area contributed by atoms with Crippen LogP contribution in [-0.2, 0) is 4.79 Å². The Morgan fingerprint density at radius 3 is 2.07 bits per heavy atom. The van der Waals surface area contributed by atoms with Crippen LogP contribution in [0, 0.1) is 13.8 Å². The molecular weight excluding hydrogens is 390 g/mol. The number of nitrogens with zero attached hydrogens (tertiary/aromatic N) is 2. The molecule has 0 saturated carbocycles. The van der Waals surface area contributed by atoms with Crippen LogP contribution >= 0.6 is 11.6 Å². The number of carbonyl (C=O) groups excluding carboxylic acids is 1. The Labute approximate surface area is 174 Å². The molecule has 7 heteroatoms. The Kier molecular flexibility index (Phi) is 6.03. The summed E-state index contributed by atoms with van der Waals surface area (Å²) in [6.45, 7) is 7.17. The Balaban J connectivity index is 1.63. The second-order valence-corrected chi connectivity index (χ2v) is 7.52. The highest BCUT2D eigenvalue weighted by molar-refractivity contribution is 6.30. The zero-order valence-corrected chi connectivity index (χ0v) is 17.4. The smallest absolute Gasteiger partial charge is 0.322 e. The summed E-state index contributed by atoms with van der Waals surface area (Å²) < 4.78 is 11.5. The number of anilines is 1. The first-order valence-electron chi connectivity index (χ1n) is 9.07. The molecule has 6 nitrogen and oxygen atoms in total. The number of benzene rings is 2. The van der Waals surface area contributed by atoms with Crippen molar-refractivity contribution in [2.75, 3.05) is 5.32 Å². The number of ether oxygens (including phenoxy) is 2. The average molecular weight is 412 g/mol. The van der Waals surface area contributed by atoms with Crippen molar-refractivity contribution in [2.45, 2.75) is 33.3 Å². The fourth-order valence-electron chi connectivity index (χ4n) is 2.58. The predicted octanol–water partition coefficient (Wildman–Crippen LogP) is 5.34. The second-order valence-electron chi connectivity index (χ2n) is 7.08. The molecule has 0 fully saturated rings. The minimum absolute atomic E-state index is 0.279. The van der Waals surface area contributed by atoms with Crippen LogP contribution in [-0.4, -0.2) is 21.5 Å². The third-order valence-electron chi connectivity index (χ3n) is 4.02. The van der Waals surface area contributed by atoms with E-state index in [1.165, 1.54) is 0 Å². The van der Waals surface area contributed by atoms with Gasteiger partial charge in [-0.15, -0.1) is 0 Å². The first kappa shape index (κ1) is 20.6. The first-order chi connectivity index (χ1) is 13.7. The van der Waals surface area contributed by atoms with Crippen molar-refractivity contribution in [3.05, 3.63) is 71.0 Å². The zero-order valence-electron chi connectivity index (χ0n) is 16.7. The molecule has 0 aliphatic rings. The summed E-state index contributed by atoms with van der Waals surface area (Å²) in [6, 6.07) is 16.0. The number of aryl methyl sites for hydroxylation is 2. The minimum atomic E-state index is -1.07. The van der Waals surface area contributed by atoms with Crippen molar-refractivity contribution >= 4 is 23.2 Å². The molecule has 1 amide bonds. The molecule has 0 aliphatic carbocycles. The molecule has 3 aromatic rings. The summed E-state index contributed by atoms with van der Waals surface area (Å²) in [6.07, 6.45) is 0. The average Bonchev–Trinajstić information content (AvgIpc) is 2.64. The van der Waals surface area contributed by atoms with E-state index in [0.29, 0.717) is 22.2 Å². The molecule has 0 bridgehead atoms. The number of hydrogen-bond donors (Lipinski definition) is 1. The molecule has 3 rings (SSSR count). The standard InChI is InChI=1S/C22H22ClN3O3/c1-14-13-15(2)25-21(24-14)28-18-11-7-17(8-12-18)26-20(27)22(3,4)29-19-9-5-16(23)6-10-19/h5-13H,1-4H3,(H,26,27). The Hall–Kier alpha value is -3.12. The predicted molar refractivity (Wildman–Crippen MR) is 113 cm³/mol. The van der Waals surface area contributed by atoms with E-state index in [0.717, 1.165) is 11.4 Å². The number of rotatable bonds is 6. The third-order valence-corrected chi connectivity index (χ3v) is 4.27. The van der Waals surface area contributed by atoms with E-state index in [1.807, 2.05) is 19.9 Å². The molecule has 0 atom stereocenters. The van der Waals surface area contributed by atoms with E-state index in [9.17, 15) is 4.79 Å². The van der Waals surface area contributed by atoms with Crippen molar-refractivity contribution in [3.63, 3.8) is 0 Å². The Bertz CT molecular complexity index is 983. The summed E-state index contributed by atoms with van der Waals surface area (Å²) in [5.74, 6) is 0.857. The molecule has 2 aromatic carbocycles. The summed E-state index contributed by atoms with van der Waals surface area (Å²) in [5.41, 5.74) is 1.21. The molecule has 0 spiro atoms. The molecular formula is C22H22ClN3O3. The normalized spacial score (nSPS) is 11.1. The van der Waals surface area contributed by atoms with E-state index in [-0.39, 0.29) is 11.9 Å². The van der Waals surface area contributed by atoms with E-state index in [2.05, 4.69) is 15.3 Å². The van der Waals surface area contributed by atoms with Gasteiger partial charge >= 0.3 is 6.01 Å². The van der Waals surface area contributed by atoms with Crippen LogP contribution in [0.5, 0.6) is 17.5 Å². The van der Waals surface area contributed by atoms with Gasteiger partial charge < -0.3 is 14.8 Å². The maximum atomic E-state index is 12.6. The lowest BCUT2D eigenvalue weighted by Gasteiger charge is -2.25. The van der Waals surface area contributed by atoms with Gasteiger partial charge in [0.1, 0.15) is 11.5 Å². The molecule has 0 aliphatic heterocycles. The third kappa shape index (κ3) is 5.68. The minimum Gasteiger partial charge on any atom is -0.478 e. The van der Waals surface area contributed by atoms with Gasteiger partial charge in [-0.25, -0.2) is 9.97 Å². The van der Waals surface area contributed by atoms with Gasteiger partial charge in [0.05, 0.1) is 0 Å². The second kappa shape index (κ2) is 8.49. The fraction of sp³-hybridized carbons (Fsp3) is 0.227. The molecule has 0 saturated heterocycles. The summed E-state index contributed by atoms with van der Waals surface area (Å²) in [5, 5.41) is 3.45. The van der Waals surface area contributed by atoms with Crippen molar-refractivity contribution in [3.8, 4) is 17.5 Å². The van der Waals surface area contributed by atoms with Crippen LogP contribution in [0.2, 0.25) is 5.02 Å². The van der Waals surface area contributed by atoms with Gasteiger partial charge in [0.15, 0.2) is 5.60 Å². The van der Waals surface area contributed by atoms with Gasteiger partial charge in [0.2, 0.25) is 0 Å². The summed E-state index contributed by atoms with van der Waals surface area (Å²) in [7, 11) is 0. The topological polar surface area (TPSA) is 73.3 Å². The molecule has 0 unspecified atom stereocenters. The number of amides is 1. The molecule has 1 heterocycles. The molecule has 1 aromatic heterocycles. The zero-order chi connectivity index (χ0) is 21.0. The summed E-state index contributed by atoms with van der Waals surface area (Å²) in [4.78, 5) is 21.1. The lowest BCUT2D eigenvalue weighted by atomic mass is 10.1. The van der Waals surface area contributed by atoms with Gasteiger partial charge in [-0.1, -0.05) is 11.6 Å². The lowest BCUT2D eigenvalue weighted by molar-refractivity contribution is -0.128. The Morgan fingerprint density at radius 1 is 0.931 bits per heavy atom. The largest absolute Gasteiger partial charge is 0.478 e. The number of halogens is 1. The van der Waals surface area contributed by atoms with E-state index in [1.54, 1.807) is 62.4 Å². The first-order valence-corrected chi connectivity index (χ1v) is 9.45. The molecule has 1 N–H and O–H groups in total. The van der Waals surface area contributed by atoms with Crippen molar-refractivity contribution < 1.29 is 14.3 Å². The van der Waals surface area contributed by atoms with Crippen molar-refractivity contribution in [1.29, 1.82) is 0 Å². The van der Waals surface area contributed by atoms with E-state index in [4.69, 9.17) is 21.1 Å². The van der Waals surface area contributed by atoms with Gasteiger partial charge in [0, 0.05) is 22.1 Å². The number of nitrogens with one attached hydrogen (secondary N) is 1. The van der Waals surface area contributed by atoms with Gasteiger partial charge in [-0.3, -0.25) is 4.79 Å². The van der Waals surface area contributed by atoms with Crippen LogP contribution in [0.1, 0.15) is 25.2 Å². The van der Waals surface area contributed by atoms with Crippen LogP contribution < -0.4 is 14.8 Å². The van der Waals surface area contributed by atoms with Gasteiger partial charge in [0.25, 0.3) is 5.91 Å². The van der Waals surface area contributed by atoms with E-state index < -0.39 is 5.60 Å². The lowest BCUT2D eigenvalue weighted by Crippen LogP contribution is -2.42. The highest BCUT2D eigenvalue weighted by Gasteiger charge is 2.30. The molecule has 0 radical (unpaired) electrons. The maximum Gasteiger partial charge on any atom is 0.322 e. The van der Waals surface area contributed by atoms with Crippen molar-refractivity contribution in [1.82, 2.24) is 9.97 Å². The van der Waals surface area contributed by atoms with Crippen LogP contribution in [0.4, 0.5) is 5.69 Å². The number of aromatic nitrogens is 2. The Morgan fingerprint density at radius 2 is 1.48 bits per heavy atom. The number of hydrogen-bond acceptors (Lipinski definition) is 5. The molecule has 29 heavy (non-hydrogen) atoms. The fourth-order valence-corrected chi connectivity index (χ4v) is 2.70. The maximum absolute atomic E-state index is 12.6. The van der Waals surface area contributed by atoms with Gasteiger partial charge in [-0.05, 0) is 82.3 Å². The molecule has 150 valence electrons. The SMILES string of the molecule is Cc1cc(C)nc(Oc2ccc(NC(=O)C(C)(C)Oc3ccc(Cl)cc3)cc2)n1. The van der Waals surface area contributed by atoms with Crippen LogP contribution in [0.15, 0.2) is 54.6 Å². The van der Waals surface area contributed by atoms with E-state index >= 15 is 0 Å². The van der Waals surface area contributed by atoms with Gasteiger partial charge in [-0.2, -0.15) is 0 Å². The summed E-state index contributed by atoms with van der Waals surface area (Å²) >= 11 is 5.88.